The van der Waals surface area contributed by atoms with Gasteiger partial charge in [-0.2, -0.15) is 0 Å². The molecular formula is C15H25BrN2S. The van der Waals surface area contributed by atoms with Crippen molar-refractivity contribution in [3.63, 3.8) is 0 Å². The normalized spacial score (nSPS) is 18.9. The number of hydrogen-bond acceptors (Lipinski definition) is 3. The van der Waals surface area contributed by atoms with Crippen LogP contribution in [0.5, 0.6) is 0 Å². The van der Waals surface area contributed by atoms with Crippen LogP contribution < -0.4 is 5.32 Å². The van der Waals surface area contributed by atoms with E-state index >= 15 is 0 Å². The van der Waals surface area contributed by atoms with Gasteiger partial charge in [0.05, 0.1) is 0 Å². The largest absolute Gasteiger partial charge is 0.312 e. The second-order valence-electron chi connectivity index (χ2n) is 6.58. The minimum Gasteiger partial charge on any atom is -0.312 e. The molecule has 2 rings (SSSR count). The third-order valence-electron chi connectivity index (χ3n) is 3.63. The van der Waals surface area contributed by atoms with Crippen molar-refractivity contribution in [2.24, 2.45) is 5.92 Å². The Morgan fingerprint density at radius 1 is 1.37 bits per heavy atom. The molecule has 0 spiro atoms. The zero-order valence-corrected chi connectivity index (χ0v) is 14.6. The lowest BCUT2D eigenvalue weighted by Gasteiger charge is -2.33. The van der Waals surface area contributed by atoms with Crippen molar-refractivity contribution >= 4 is 27.3 Å². The summed E-state index contributed by atoms with van der Waals surface area (Å²) in [5.74, 6) is 0.852. The number of nitrogens with one attached hydrogen (secondary N) is 1. The molecule has 2 nitrogen and oxygen atoms in total. The highest BCUT2D eigenvalue weighted by Crippen LogP contribution is 2.24. The number of nitrogens with zero attached hydrogens (tertiary/aromatic N) is 1. The van der Waals surface area contributed by atoms with E-state index in [0.29, 0.717) is 0 Å². The van der Waals surface area contributed by atoms with Gasteiger partial charge in [-0.25, -0.2) is 0 Å². The van der Waals surface area contributed by atoms with Crippen LogP contribution in [0.4, 0.5) is 0 Å². The van der Waals surface area contributed by atoms with Crippen LogP contribution in [-0.4, -0.2) is 30.1 Å². The summed E-state index contributed by atoms with van der Waals surface area (Å²) in [7, 11) is 0. The molecule has 0 aromatic carbocycles. The zero-order chi connectivity index (χ0) is 13.9. The average molecular weight is 345 g/mol. The summed E-state index contributed by atoms with van der Waals surface area (Å²) in [6.07, 6.45) is 2.66. The highest BCUT2D eigenvalue weighted by molar-refractivity contribution is 9.10. The summed E-state index contributed by atoms with van der Waals surface area (Å²) in [6.45, 7) is 11.5. The van der Waals surface area contributed by atoms with E-state index in [9.17, 15) is 0 Å². The van der Waals surface area contributed by atoms with Gasteiger partial charge in [0.25, 0.3) is 0 Å². The summed E-state index contributed by atoms with van der Waals surface area (Å²) in [4.78, 5) is 4.06. The predicted molar refractivity (Wildman–Crippen MR) is 87.8 cm³/mol. The Kier molecular flexibility index (Phi) is 5.46. The van der Waals surface area contributed by atoms with Gasteiger partial charge in [0, 0.05) is 26.8 Å². The van der Waals surface area contributed by atoms with Crippen molar-refractivity contribution in [1.82, 2.24) is 10.2 Å². The topological polar surface area (TPSA) is 15.3 Å². The Labute approximate surface area is 129 Å². The fourth-order valence-electron chi connectivity index (χ4n) is 2.46. The van der Waals surface area contributed by atoms with Gasteiger partial charge in [-0.1, -0.05) is 0 Å². The summed E-state index contributed by atoms with van der Waals surface area (Å²) in [5.41, 5.74) is 0.250. The molecule has 1 fully saturated rings. The number of halogens is 1. The lowest BCUT2D eigenvalue weighted by molar-refractivity contribution is 0.171. The summed E-state index contributed by atoms with van der Waals surface area (Å²) in [6, 6.07) is 2.25. The van der Waals surface area contributed by atoms with Crippen molar-refractivity contribution < 1.29 is 0 Å². The molecule has 1 aliphatic heterocycles. The van der Waals surface area contributed by atoms with Gasteiger partial charge in [0.15, 0.2) is 0 Å². The molecule has 0 atom stereocenters. The van der Waals surface area contributed by atoms with Crippen molar-refractivity contribution in [2.75, 3.05) is 19.6 Å². The average Bonchev–Trinajstić information content (AvgIpc) is 2.73. The Hall–Kier alpha value is 0.1000. The molecule has 4 heteroatoms. The van der Waals surface area contributed by atoms with Crippen molar-refractivity contribution in [2.45, 2.75) is 45.7 Å². The summed E-state index contributed by atoms with van der Waals surface area (Å²) < 4.78 is 1.22. The van der Waals surface area contributed by atoms with E-state index in [1.165, 1.54) is 41.8 Å². The van der Waals surface area contributed by atoms with Crippen LogP contribution in [0.1, 0.15) is 38.5 Å². The molecule has 108 valence electrons. The first-order valence-corrected chi connectivity index (χ1v) is 8.80. The van der Waals surface area contributed by atoms with Crippen molar-refractivity contribution in [1.29, 1.82) is 0 Å². The van der Waals surface area contributed by atoms with Crippen LogP contribution in [0.2, 0.25) is 0 Å². The fourth-order valence-corrected chi connectivity index (χ4v) is 3.95. The maximum absolute atomic E-state index is 3.64. The lowest BCUT2D eigenvalue weighted by atomic mass is 9.95. The third kappa shape index (κ3) is 5.54. The molecule has 0 bridgehead atoms. The van der Waals surface area contributed by atoms with Gasteiger partial charge < -0.3 is 5.32 Å². The van der Waals surface area contributed by atoms with E-state index in [0.717, 1.165) is 12.5 Å². The van der Waals surface area contributed by atoms with Gasteiger partial charge >= 0.3 is 0 Å². The predicted octanol–water partition coefficient (Wildman–Crippen LogP) is 4.11. The summed E-state index contributed by atoms with van der Waals surface area (Å²) in [5, 5.41) is 5.81. The van der Waals surface area contributed by atoms with Crippen LogP contribution in [-0.2, 0) is 6.54 Å². The molecule has 1 aromatic rings. The monoisotopic (exact) mass is 344 g/mol. The molecule has 1 aromatic heterocycles. The Morgan fingerprint density at radius 2 is 2.05 bits per heavy atom. The maximum Gasteiger partial charge on any atom is 0.0328 e. The third-order valence-corrected chi connectivity index (χ3v) is 5.31. The van der Waals surface area contributed by atoms with Crippen molar-refractivity contribution in [3.8, 4) is 0 Å². The number of hydrogen-bond donors (Lipinski definition) is 1. The molecule has 0 saturated carbocycles. The second kappa shape index (κ2) is 6.70. The molecule has 2 heterocycles. The van der Waals surface area contributed by atoms with E-state index in [-0.39, 0.29) is 5.54 Å². The first-order chi connectivity index (χ1) is 8.92. The molecule has 19 heavy (non-hydrogen) atoms. The van der Waals surface area contributed by atoms with Gasteiger partial charge in [0.2, 0.25) is 0 Å². The lowest BCUT2D eigenvalue weighted by Crippen LogP contribution is -2.42. The standard InChI is InChI=1S/C15H25BrN2S/c1-15(2,3)17-9-12-4-6-18(7-5-12)10-14-8-13(16)11-19-14/h8,11-12,17H,4-7,9-10H2,1-3H3. The Balaban J connectivity index is 1.70. The van der Waals surface area contributed by atoms with Crippen LogP contribution in [0.3, 0.4) is 0 Å². The smallest absolute Gasteiger partial charge is 0.0328 e. The summed E-state index contributed by atoms with van der Waals surface area (Å²) >= 11 is 5.39. The fraction of sp³-hybridized carbons (Fsp3) is 0.733. The zero-order valence-electron chi connectivity index (χ0n) is 12.2. The highest BCUT2D eigenvalue weighted by Gasteiger charge is 2.21. The molecule has 0 radical (unpaired) electrons. The molecule has 1 N–H and O–H groups in total. The number of thiophene rings is 1. The minimum absolute atomic E-state index is 0.250. The Morgan fingerprint density at radius 3 is 2.58 bits per heavy atom. The van der Waals surface area contributed by atoms with Gasteiger partial charge in [-0.3, -0.25) is 4.90 Å². The van der Waals surface area contributed by atoms with Crippen LogP contribution in [0.25, 0.3) is 0 Å². The van der Waals surface area contributed by atoms with Gasteiger partial charge in [0.1, 0.15) is 0 Å². The van der Waals surface area contributed by atoms with E-state index in [1.54, 1.807) is 0 Å². The van der Waals surface area contributed by atoms with Crippen LogP contribution in [0, 0.1) is 5.92 Å². The van der Waals surface area contributed by atoms with Gasteiger partial charge in [-0.05, 0) is 81.2 Å². The molecule has 0 aliphatic carbocycles. The number of likely N-dealkylation sites (tertiary alicyclic amines) is 1. The minimum atomic E-state index is 0.250. The Bertz CT molecular complexity index is 389. The molecule has 1 aliphatic rings. The second-order valence-corrected chi connectivity index (χ2v) is 8.49. The highest BCUT2D eigenvalue weighted by atomic mass is 79.9. The van der Waals surface area contributed by atoms with E-state index in [1.807, 2.05) is 11.3 Å². The van der Waals surface area contributed by atoms with E-state index in [4.69, 9.17) is 0 Å². The number of piperidine rings is 1. The first kappa shape index (κ1) is 15.5. The quantitative estimate of drug-likeness (QED) is 0.883. The molecular weight excluding hydrogens is 320 g/mol. The maximum atomic E-state index is 3.64. The van der Waals surface area contributed by atoms with E-state index in [2.05, 4.69) is 58.4 Å². The number of rotatable bonds is 4. The first-order valence-electron chi connectivity index (χ1n) is 7.13. The SMILES string of the molecule is CC(C)(C)NCC1CCN(Cc2cc(Br)cs2)CC1. The molecule has 0 amide bonds. The van der Waals surface area contributed by atoms with E-state index < -0.39 is 0 Å². The molecule has 0 unspecified atom stereocenters. The van der Waals surface area contributed by atoms with Crippen LogP contribution >= 0.6 is 27.3 Å². The molecule has 1 saturated heterocycles. The van der Waals surface area contributed by atoms with Crippen LogP contribution in [0.15, 0.2) is 15.9 Å². The van der Waals surface area contributed by atoms with Gasteiger partial charge in [-0.15, -0.1) is 11.3 Å². The van der Waals surface area contributed by atoms with Crippen molar-refractivity contribution in [3.05, 3.63) is 20.8 Å².